The van der Waals surface area contributed by atoms with Gasteiger partial charge in [0.1, 0.15) is 10.7 Å². The van der Waals surface area contributed by atoms with Crippen molar-refractivity contribution in [2.45, 2.75) is 18.7 Å². The Kier molecular flexibility index (Phi) is 6.62. The molecule has 4 aromatic rings. The standard InChI is InChI=1S/C24H22BrN5O2S/c1-16-7-9-19(10-8-16)28-24-26-17(2)15-23(29-24)27-18-11-13-20(14-12-18)30-33(31,32)22-6-4-3-5-21(22)25/h3-15,30H,1-2H3,(H2,26,27,28,29). The van der Waals surface area contributed by atoms with Crippen LogP contribution < -0.4 is 15.4 Å². The van der Waals surface area contributed by atoms with Gasteiger partial charge in [0, 0.05) is 33.3 Å². The number of rotatable bonds is 7. The molecule has 0 radical (unpaired) electrons. The molecule has 0 saturated carbocycles. The number of sulfonamides is 1. The maximum atomic E-state index is 12.7. The number of hydrogen-bond acceptors (Lipinski definition) is 6. The van der Waals surface area contributed by atoms with E-state index in [9.17, 15) is 8.42 Å². The highest BCUT2D eigenvalue weighted by Crippen LogP contribution is 2.25. The third kappa shape index (κ3) is 5.88. The minimum Gasteiger partial charge on any atom is -0.340 e. The van der Waals surface area contributed by atoms with Crippen molar-refractivity contribution >= 4 is 54.8 Å². The summed E-state index contributed by atoms with van der Waals surface area (Å²) in [6.07, 6.45) is 0. The van der Waals surface area contributed by atoms with Gasteiger partial charge in [-0.15, -0.1) is 0 Å². The number of nitrogens with zero attached hydrogens (tertiary/aromatic N) is 2. The Hall–Kier alpha value is -3.43. The van der Waals surface area contributed by atoms with E-state index in [-0.39, 0.29) is 4.90 Å². The minimum absolute atomic E-state index is 0.178. The topological polar surface area (TPSA) is 96.0 Å². The number of hydrogen-bond donors (Lipinski definition) is 3. The number of aromatic nitrogens is 2. The van der Waals surface area contributed by atoms with Crippen LogP contribution in [0.4, 0.5) is 28.8 Å². The molecule has 0 unspecified atom stereocenters. The minimum atomic E-state index is -3.71. The first-order valence-corrected chi connectivity index (χ1v) is 12.4. The highest BCUT2D eigenvalue weighted by atomic mass is 79.9. The molecule has 9 heteroatoms. The van der Waals surface area contributed by atoms with Crippen LogP contribution in [0.15, 0.2) is 88.2 Å². The number of aryl methyl sites for hydroxylation is 2. The van der Waals surface area contributed by atoms with Crippen LogP contribution in [-0.4, -0.2) is 18.4 Å². The summed E-state index contributed by atoms with van der Waals surface area (Å²) in [6.45, 7) is 3.93. The summed E-state index contributed by atoms with van der Waals surface area (Å²) in [5.74, 6) is 1.11. The molecule has 1 aromatic heterocycles. The molecule has 1 heterocycles. The van der Waals surface area contributed by atoms with Crippen molar-refractivity contribution in [3.05, 3.63) is 94.6 Å². The van der Waals surface area contributed by atoms with Crippen molar-refractivity contribution in [3.63, 3.8) is 0 Å². The fourth-order valence-electron chi connectivity index (χ4n) is 3.10. The van der Waals surface area contributed by atoms with Gasteiger partial charge in [0.15, 0.2) is 0 Å². The van der Waals surface area contributed by atoms with E-state index in [4.69, 9.17) is 0 Å². The molecule has 0 bridgehead atoms. The zero-order valence-electron chi connectivity index (χ0n) is 18.0. The molecule has 3 aromatic carbocycles. The molecule has 168 valence electrons. The molecule has 4 rings (SSSR count). The summed E-state index contributed by atoms with van der Waals surface area (Å²) in [4.78, 5) is 9.15. The predicted molar refractivity (Wildman–Crippen MR) is 136 cm³/mol. The number of benzene rings is 3. The molecule has 0 fully saturated rings. The first-order valence-electron chi connectivity index (χ1n) is 10.1. The lowest BCUT2D eigenvalue weighted by Crippen LogP contribution is -2.13. The Balaban J connectivity index is 1.47. The average molecular weight is 524 g/mol. The van der Waals surface area contributed by atoms with Crippen LogP contribution in [0.1, 0.15) is 11.3 Å². The Morgan fingerprint density at radius 3 is 2.06 bits per heavy atom. The quantitative estimate of drug-likeness (QED) is 0.269. The van der Waals surface area contributed by atoms with Crippen molar-refractivity contribution in [2.75, 3.05) is 15.4 Å². The van der Waals surface area contributed by atoms with Gasteiger partial charge < -0.3 is 10.6 Å². The third-order valence-corrected chi connectivity index (χ3v) is 7.09. The van der Waals surface area contributed by atoms with Gasteiger partial charge in [0.25, 0.3) is 10.0 Å². The highest BCUT2D eigenvalue weighted by Gasteiger charge is 2.17. The van der Waals surface area contributed by atoms with Crippen LogP contribution in [0.5, 0.6) is 0 Å². The molecular weight excluding hydrogens is 502 g/mol. The second-order valence-electron chi connectivity index (χ2n) is 7.45. The highest BCUT2D eigenvalue weighted by molar-refractivity contribution is 9.10. The fraction of sp³-hybridized carbons (Fsp3) is 0.0833. The van der Waals surface area contributed by atoms with E-state index >= 15 is 0 Å². The lowest BCUT2D eigenvalue weighted by atomic mass is 10.2. The molecule has 0 atom stereocenters. The first-order chi connectivity index (χ1) is 15.8. The normalized spacial score (nSPS) is 11.1. The second kappa shape index (κ2) is 9.60. The maximum Gasteiger partial charge on any atom is 0.263 e. The summed E-state index contributed by atoms with van der Waals surface area (Å²) in [5.41, 5.74) is 4.10. The Morgan fingerprint density at radius 1 is 0.758 bits per heavy atom. The van der Waals surface area contributed by atoms with Gasteiger partial charge in [-0.25, -0.2) is 13.4 Å². The monoisotopic (exact) mass is 523 g/mol. The Morgan fingerprint density at radius 2 is 1.36 bits per heavy atom. The van der Waals surface area contributed by atoms with Gasteiger partial charge in [-0.05, 0) is 78.3 Å². The molecule has 33 heavy (non-hydrogen) atoms. The summed E-state index contributed by atoms with van der Waals surface area (Å²) in [7, 11) is -3.71. The van der Waals surface area contributed by atoms with Crippen LogP contribution in [-0.2, 0) is 10.0 Å². The molecule has 0 aliphatic rings. The van der Waals surface area contributed by atoms with Gasteiger partial charge in [-0.1, -0.05) is 29.8 Å². The van der Waals surface area contributed by atoms with Gasteiger partial charge in [0.05, 0.1) is 0 Å². The number of nitrogens with one attached hydrogen (secondary N) is 3. The van der Waals surface area contributed by atoms with Crippen LogP contribution in [0, 0.1) is 13.8 Å². The maximum absolute atomic E-state index is 12.7. The zero-order valence-corrected chi connectivity index (χ0v) is 20.4. The zero-order chi connectivity index (χ0) is 23.4. The molecule has 0 amide bonds. The molecule has 0 spiro atoms. The van der Waals surface area contributed by atoms with Crippen molar-refractivity contribution in [2.24, 2.45) is 0 Å². The molecule has 3 N–H and O–H groups in total. The SMILES string of the molecule is Cc1ccc(Nc2nc(C)cc(Nc3ccc(NS(=O)(=O)c4ccccc4Br)cc3)n2)cc1. The fourth-order valence-corrected chi connectivity index (χ4v) is 5.16. The van der Waals surface area contributed by atoms with Gasteiger partial charge >= 0.3 is 0 Å². The molecule has 7 nitrogen and oxygen atoms in total. The van der Waals surface area contributed by atoms with Gasteiger partial charge in [-0.2, -0.15) is 4.98 Å². The molecular formula is C24H22BrN5O2S. The Bertz CT molecular complexity index is 1380. The van der Waals surface area contributed by atoms with Crippen molar-refractivity contribution < 1.29 is 8.42 Å². The second-order valence-corrected chi connectivity index (χ2v) is 9.95. The van der Waals surface area contributed by atoms with E-state index in [0.717, 1.165) is 17.1 Å². The van der Waals surface area contributed by atoms with E-state index in [0.29, 0.717) is 21.9 Å². The van der Waals surface area contributed by atoms with E-state index in [1.54, 1.807) is 48.5 Å². The predicted octanol–water partition coefficient (Wildman–Crippen LogP) is 6.14. The van der Waals surface area contributed by atoms with Crippen LogP contribution in [0.25, 0.3) is 0 Å². The smallest absolute Gasteiger partial charge is 0.263 e. The van der Waals surface area contributed by atoms with Crippen molar-refractivity contribution in [3.8, 4) is 0 Å². The molecule has 0 saturated heterocycles. The number of anilines is 5. The Labute approximate surface area is 201 Å². The van der Waals surface area contributed by atoms with Crippen molar-refractivity contribution in [1.29, 1.82) is 0 Å². The summed E-state index contributed by atoms with van der Waals surface area (Å²) >= 11 is 3.28. The van der Waals surface area contributed by atoms with E-state index in [2.05, 4.69) is 41.3 Å². The summed E-state index contributed by atoms with van der Waals surface area (Å²) < 4.78 is 28.4. The average Bonchev–Trinajstić information content (AvgIpc) is 2.76. The summed E-state index contributed by atoms with van der Waals surface area (Å²) in [6, 6.07) is 23.4. The first kappa shape index (κ1) is 22.8. The third-order valence-electron chi connectivity index (χ3n) is 4.70. The summed E-state index contributed by atoms with van der Waals surface area (Å²) in [5, 5.41) is 6.45. The molecule has 0 aliphatic carbocycles. The van der Waals surface area contributed by atoms with E-state index < -0.39 is 10.0 Å². The van der Waals surface area contributed by atoms with Crippen LogP contribution >= 0.6 is 15.9 Å². The number of halogens is 1. The lowest BCUT2D eigenvalue weighted by molar-refractivity contribution is 0.601. The van der Waals surface area contributed by atoms with Gasteiger partial charge in [-0.3, -0.25) is 4.72 Å². The molecule has 0 aliphatic heterocycles. The van der Waals surface area contributed by atoms with Crippen LogP contribution in [0.2, 0.25) is 0 Å². The van der Waals surface area contributed by atoms with Gasteiger partial charge in [0.2, 0.25) is 5.95 Å². The van der Waals surface area contributed by atoms with E-state index in [1.807, 2.05) is 44.2 Å². The lowest BCUT2D eigenvalue weighted by Gasteiger charge is -2.12. The van der Waals surface area contributed by atoms with Crippen molar-refractivity contribution in [1.82, 2.24) is 9.97 Å². The van der Waals surface area contributed by atoms with E-state index in [1.165, 1.54) is 5.56 Å². The largest absolute Gasteiger partial charge is 0.340 e. The van der Waals surface area contributed by atoms with Crippen LogP contribution in [0.3, 0.4) is 0 Å².